The molecule has 1 unspecified atom stereocenters. The van der Waals surface area contributed by atoms with E-state index in [1.165, 1.54) is 5.56 Å². The van der Waals surface area contributed by atoms with E-state index in [1.807, 2.05) is 18.2 Å². The van der Waals surface area contributed by atoms with Gasteiger partial charge in [-0.05, 0) is 25.3 Å². The number of nitrogens with one attached hydrogen (secondary N) is 1. The average Bonchev–Trinajstić information content (AvgIpc) is 2.45. The molecule has 19 heavy (non-hydrogen) atoms. The standard InChI is InChI=1S/C16H25NO2/c1-3-4-11-16(18)17-12-8-13-19-14(2)15-9-6-5-7-10-15/h5-7,9-10,14H,3-4,8,11-13H2,1-2H3,(H,17,18). The van der Waals surface area contributed by atoms with Gasteiger partial charge in [0.1, 0.15) is 0 Å². The first kappa shape index (κ1) is 15.7. The number of amides is 1. The van der Waals surface area contributed by atoms with E-state index in [-0.39, 0.29) is 12.0 Å². The number of ether oxygens (including phenoxy) is 1. The van der Waals surface area contributed by atoms with E-state index >= 15 is 0 Å². The molecule has 0 aliphatic rings. The maximum atomic E-state index is 11.4. The minimum absolute atomic E-state index is 0.108. The lowest BCUT2D eigenvalue weighted by Crippen LogP contribution is -2.24. The second-order valence-corrected chi connectivity index (χ2v) is 4.73. The highest BCUT2D eigenvalue weighted by atomic mass is 16.5. The minimum atomic E-state index is 0.108. The van der Waals surface area contributed by atoms with Crippen LogP contribution in [0.5, 0.6) is 0 Å². The number of unbranched alkanes of at least 4 members (excludes halogenated alkanes) is 1. The lowest BCUT2D eigenvalue weighted by atomic mass is 10.1. The van der Waals surface area contributed by atoms with E-state index in [0.29, 0.717) is 19.6 Å². The molecule has 0 aliphatic carbocycles. The highest BCUT2D eigenvalue weighted by molar-refractivity contribution is 5.75. The molecule has 0 saturated carbocycles. The van der Waals surface area contributed by atoms with Crippen molar-refractivity contribution in [3.63, 3.8) is 0 Å². The van der Waals surface area contributed by atoms with Gasteiger partial charge in [0, 0.05) is 19.6 Å². The van der Waals surface area contributed by atoms with Gasteiger partial charge in [0.2, 0.25) is 5.91 Å². The van der Waals surface area contributed by atoms with Crippen molar-refractivity contribution < 1.29 is 9.53 Å². The van der Waals surface area contributed by atoms with Crippen molar-refractivity contribution >= 4 is 5.91 Å². The minimum Gasteiger partial charge on any atom is -0.374 e. The van der Waals surface area contributed by atoms with Gasteiger partial charge in [-0.3, -0.25) is 4.79 Å². The lowest BCUT2D eigenvalue weighted by Gasteiger charge is -2.13. The van der Waals surface area contributed by atoms with Crippen LogP contribution in [0.25, 0.3) is 0 Å². The molecule has 0 saturated heterocycles. The molecule has 1 aromatic rings. The van der Waals surface area contributed by atoms with E-state index < -0.39 is 0 Å². The van der Waals surface area contributed by atoms with Crippen molar-refractivity contribution in [2.75, 3.05) is 13.2 Å². The first-order valence-corrected chi connectivity index (χ1v) is 7.17. The maximum Gasteiger partial charge on any atom is 0.219 e. The van der Waals surface area contributed by atoms with Gasteiger partial charge in [0.05, 0.1) is 6.10 Å². The predicted octanol–water partition coefficient (Wildman–Crippen LogP) is 3.46. The quantitative estimate of drug-likeness (QED) is 0.693. The Morgan fingerprint density at radius 1 is 1.26 bits per heavy atom. The van der Waals surface area contributed by atoms with E-state index in [1.54, 1.807) is 0 Å². The molecule has 106 valence electrons. The van der Waals surface area contributed by atoms with Crippen molar-refractivity contribution in [3.8, 4) is 0 Å². The van der Waals surface area contributed by atoms with Gasteiger partial charge < -0.3 is 10.1 Å². The molecule has 1 atom stereocenters. The number of carbonyl (C=O) groups is 1. The summed E-state index contributed by atoms with van der Waals surface area (Å²) in [6.45, 7) is 5.51. The summed E-state index contributed by atoms with van der Waals surface area (Å²) in [5.74, 6) is 0.151. The zero-order valence-corrected chi connectivity index (χ0v) is 12.0. The maximum absolute atomic E-state index is 11.4. The molecule has 0 radical (unpaired) electrons. The summed E-state index contributed by atoms with van der Waals surface area (Å²) in [5, 5.41) is 2.91. The molecule has 0 heterocycles. The van der Waals surface area contributed by atoms with Crippen LogP contribution in [0.3, 0.4) is 0 Å². The third-order valence-electron chi connectivity index (χ3n) is 3.04. The topological polar surface area (TPSA) is 38.3 Å². The fraction of sp³-hybridized carbons (Fsp3) is 0.562. The fourth-order valence-corrected chi connectivity index (χ4v) is 1.81. The van der Waals surface area contributed by atoms with Crippen molar-refractivity contribution in [2.24, 2.45) is 0 Å². The van der Waals surface area contributed by atoms with Gasteiger partial charge in [-0.25, -0.2) is 0 Å². The molecule has 0 bridgehead atoms. The molecule has 0 spiro atoms. The number of rotatable bonds is 9. The van der Waals surface area contributed by atoms with Gasteiger partial charge in [0.15, 0.2) is 0 Å². The van der Waals surface area contributed by atoms with Gasteiger partial charge in [0.25, 0.3) is 0 Å². The summed E-state index contributed by atoms with van der Waals surface area (Å²) in [4.78, 5) is 11.4. The molecule has 3 nitrogen and oxygen atoms in total. The third kappa shape index (κ3) is 6.97. The van der Waals surface area contributed by atoms with E-state index in [9.17, 15) is 4.79 Å². The van der Waals surface area contributed by atoms with Crippen molar-refractivity contribution in [2.45, 2.75) is 45.6 Å². The summed E-state index contributed by atoms with van der Waals surface area (Å²) >= 11 is 0. The molecule has 0 aliphatic heterocycles. The summed E-state index contributed by atoms with van der Waals surface area (Å²) < 4.78 is 5.74. The molecule has 1 rings (SSSR count). The smallest absolute Gasteiger partial charge is 0.219 e. The van der Waals surface area contributed by atoms with Crippen LogP contribution in [-0.4, -0.2) is 19.1 Å². The summed E-state index contributed by atoms with van der Waals surface area (Å²) in [5.41, 5.74) is 1.19. The van der Waals surface area contributed by atoms with Gasteiger partial charge >= 0.3 is 0 Å². The second-order valence-electron chi connectivity index (χ2n) is 4.73. The first-order valence-electron chi connectivity index (χ1n) is 7.17. The Labute approximate surface area is 116 Å². The summed E-state index contributed by atoms with van der Waals surface area (Å²) in [6.07, 6.45) is 3.63. The Bertz CT molecular complexity index is 351. The molecular formula is C16H25NO2. The van der Waals surface area contributed by atoms with Crippen LogP contribution in [0, 0.1) is 0 Å². The van der Waals surface area contributed by atoms with Crippen LogP contribution in [0.15, 0.2) is 30.3 Å². The van der Waals surface area contributed by atoms with E-state index in [2.05, 4.69) is 31.3 Å². The molecular weight excluding hydrogens is 238 g/mol. The third-order valence-corrected chi connectivity index (χ3v) is 3.04. The van der Waals surface area contributed by atoms with Crippen LogP contribution in [0.4, 0.5) is 0 Å². The van der Waals surface area contributed by atoms with E-state index in [0.717, 1.165) is 19.3 Å². The average molecular weight is 263 g/mol. The molecule has 1 N–H and O–H groups in total. The SMILES string of the molecule is CCCCC(=O)NCCCOC(C)c1ccccc1. The Hall–Kier alpha value is -1.35. The van der Waals surface area contributed by atoms with Crippen molar-refractivity contribution in [1.82, 2.24) is 5.32 Å². The number of hydrogen-bond donors (Lipinski definition) is 1. The van der Waals surface area contributed by atoms with Crippen LogP contribution in [-0.2, 0) is 9.53 Å². The molecule has 0 fully saturated rings. The zero-order chi connectivity index (χ0) is 13.9. The fourth-order valence-electron chi connectivity index (χ4n) is 1.81. The number of hydrogen-bond acceptors (Lipinski definition) is 2. The highest BCUT2D eigenvalue weighted by Gasteiger charge is 2.04. The normalized spacial score (nSPS) is 12.1. The van der Waals surface area contributed by atoms with Gasteiger partial charge in [-0.1, -0.05) is 43.7 Å². The Morgan fingerprint density at radius 3 is 2.68 bits per heavy atom. The molecule has 1 aromatic carbocycles. The monoisotopic (exact) mass is 263 g/mol. The van der Waals surface area contributed by atoms with Crippen LogP contribution >= 0.6 is 0 Å². The van der Waals surface area contributed by atoms with Gasteiger partial charge in [-0.15, -0.1) is 0 Å². The van der Waals surface area contributed by atoms with Crippen LogP contribution in [0.1, 0.15) is 51.2 Å². The van der Waals surface area contributed by atoms with Crippen molar-refractivity contribution in [3.05, 3.63) is 35.9 Å². The van der Waals surface area contributed by atoms with Crippen LogP contribution < -0.4 is 5.32 Å². The number of benzene rings is 1. The predicted molar refractivity (Wildman–Crippen MR) is 78.0 cm³/mol. The summed E-state index contributed by atoms with van der Waals surface area (Å²) in [6, 6.07) is 10.2. The largest absolute Gasteiger partial charge is 0.374 e. The molecule has 0 aromatic heterocycles. The number of carbonyl (C=O) groups excluding carboxylic acids is 1. The Balaban J connectivity index is 2.06. The molecule has 3 heteroatoms. The van der Waals surface area contributed by atoms with E-state index in [4.69, 9.17) is 4.74 Å². The van der Waals surface area contributed by atoms with Crippen molar-refractivity contribution in [1.29, 1.82) is 0 Å². The highest BCUT2D eigenvalue weighted by Crippen LogP contribution is 2.15. The first-order chi connectivity index (χ1) is 9.24. The molecule has 1 amide bonds. The lowest BCUT2D eigenvalue weighted by molar-refractivity contribution is -0.121. The zero-order valence-electron chi connectivity index (χ0n) is 12.0. The van der Waals surface area contributed by atoms with Gasteiger partial charge in [-0.2, -0.15) is 0 Å². The second kappa shape index (κ2) is 9.56. The summed E-state index contributed by atoms with van der Waals surface area (Å²) in [7, 11) is 0. The Morgan fingerprint density at radius 2 is 2.00 bits per heavy atom. The Kier molecular flexibility index (Phi) is 7.91. The van der Waals surface area contributed by atoms with Crippen LogP contribution in [0.2, 0.25) is 0 Å².